The molecule has 0 saturated carbocycles. The standard InChI is InChI=1S/C18H23N3O3/c1-13(12-21-8-4-7-20-21)11-19-18(23)10-16-9-15(14(2)22)5-6-17(16)24-3/h4-9,13H,10-12H2,1-3H3,(H,19,23). The number of hydrogen-bond acceptors (Lipinski definition) is 4. The number of rotatable bonds is 8. The van der Waals surface area contributed by atoms with Crippen LogP contribution in [0, 0.1) is 5.92 Å². The van der Waals surface area contributed by atoms with Gasteiger partial charge in [-0.25, -0.2) is 0 Å². The average molecular weight is 329 g/mol. The van der Waals surface area contributed by atoms with Crippen LogP contribution in [0.4, 0.5) is 0 Å². The third kappa shape index (κ3) is 4.94. The SMILES string of the molecule is COc1ccc(C(C)=O)cc1CC(=O)NCC(C)Cn1cccn1. The summed E-state index contributed by atoms with van der Waals surface area (Å²) in [4.78, 5) is 23.7. The highest BCUT2D eigenvalue weighted by atomic mass is 16.5. The van der Waals surface area contributed by atoms with Crippen molar-refractivity contribution >= 4 is 11.7 Å². The third-order valence-electron chi connectivity index (χ3n) is 3.74. The molecule has 2 rings (SSSR count). The molecule has 0 saturated heterocycles. The molecule has 0 aliphatic heterocycles. The zero-order chi connectivity index (χ0) is 17.5. The smallest absolute Gasteiger partial charge is 0.224 e. The molecule has 1 atom stereocenters. The molecule has 1 aromatic carbocycles. The van der Waals surface area contributed by atoms with E-state index in [9.17, 15) is 9.59 Å². The summed E-state index contributed by atoms with van der Waals surface area (Å²) in [7, 11) is 1.55. The van der Waals surface area contributed by atoms with Crippen molar-refractivity contribution in [3.63, 3.8) is 0 Å². The van der Waals surface area contributed by atoms with Gasteiger partial charge in [0.15, 0.2) is 5.78 Å². The van der Waals surface area contributed by atoms with Crippen LogP contribution < -0.4 is 10.1 Å². The summed E-state index contributed by atoms with van der Waals surface area (Å²) in [6.07, 6.45) is 3.81. The summed E-state index contributed by atoms with van der Waals surface area (Å²) >= 11 is 0. The molecule has 6 heteroatoms. The monoisotopic (exact) mass is 329 g/mol. The van der Waals surface area contributed by atoms with Gasteiger partial charge >= 0.3 is 0 Å². The van der Waals surface area contributed by atoms with E-state index < -0.39 is 0 Å². The summed E-state index contributed by atoms with van der Waals surface area (Å²) in [6, 6.07) is 7.02. The highest BCUT2D eigenvalue weighted by Gasteiger charge is 2.12. The van der Waals surface area contributed by atoms with Gasteiger partial charge in [0.25, 0.3) is 0 Å². The molecule has 1 N–H and O–H groups in total. The number of benzene rings is 1. The van der Waals surface area contributed by atoms with Gasteiger partial charge in [0.05, 0.1) is 13.5 Å². The Morgan fingerprint density at radius 3 is 2.79 bits per heavy atom. The minimum Gasteiger partial charge on any atom is -0.496 e. The molecule has 1 heterocycles. The molecule has 0 radical (unpaired) electrons. The van der Waals surface area contributed by atoms with Crippen LogP contribution in [0.3, 0.4) is 0 Å². The number of ether oxygens (including phenoxy) is 1. The fourth-order valence-electron chi connectivity index (χ4n) is 2.45. The van der Waals surface area contributed by atoms with Crippen LogP contribution in [0.5, 0.6) is 5.75 Å². The molecule has 2 aromatic rings. The summed E-state index contributed by atoms with van der Waals surface area (Å²) in [5.74, 6) is 0.743. The van der Waals surface area contributed by atoms with Gasteiger partial charge in [-0.3, -0.25) is 14.3 Å². The molecule has 1 unspecified atom stereocenters. The van der Waals surface area contributed by atoms with E-state index in [-0.39, 0.29) is 24.0 Å². The number of carbonyl (C=O) groups is 2. The molecule has 24 heavy (non-hydrogen) atoms. The number of nitrogens with one attached hydrogen (secondary N) is 1. The van der Waals surface area contributed by atoms with Crippen LogP contribution in [0.15, 0.2) is 36.7 Å². The summed E-state index contributed by atoms with van der Waals surface area (Å²) in [5, 5.41) is 7.08. The van der Waals surface area contributed by atoms with Crippen LogP contribution in [-0.4, -0.2) is 35.1 Å². The Bertz CT molecular complexity index is 696. The van der Waals surface area contributed by atoms with Crippen molar-refractivity contribution in [2.24, 2.45) is 5.92 Å². The van der Waals surface area contributed by atoms with Crippen molar-refractivity contribution in [1.82, 2.24) is 15.1 Å². The Balaban J connectivity index is 1.91. The topological polar surface area (TPSA) is 73.2 Å². The van der Waals surface area contributed by atoms with Crippen molar-refractivity contribution in [3.05, 3.63) is 47.8 Å². The van der Waals surface area contributed by atoms with Gasteiger partial charge in [0.2, 0.25) is 5.91 Å². The van der Waals surface area contributed by atoms with Crippen LogP contribution >= 0.6 is 0 Å². The van der Waals surface area contributed by atoms with Gasteiger partial charge in [0, 0.05) is 36.6 Å². The minimum absolute atomic E-state index is 0.0350. The molecule has 1 amide bonds. The molecule has 6 nitrogen and oxygen atoms in total. The largest absolute Gasteiger partial charge is 0.496 e. The van der Waals surface area contributed by atoms with Crippen LogP contribution in [-0.2, 0) is 17.8 Å². The Kier molecular flexibility index (Phi) is 6.12. The van der Waals surface area contributed by atoms with E-state index in [1.54, 1.807) is 31.5 Å². The lowest BCUT2D eigenvalue weighted by Gasteiger charge is -2.14. The number of nitrogens with zero attached hydrogens (tertiary/aromatic N) is 2. The van der Waals surface area contributed by atoms with Gasteiger partial charge in [-0.05, 0) is 37.1 Å². The first kappa shape index (κ1) is 17.7. The maximum absolute atomic E-state index is 12.2. The first-order valence-electron chi connectivity index (χ1n) is 7.91. The van der Waals surface area contributed by atoms with Crippen molar-refractivity contribution in [1.29, 1.82) is 0 Å². The van der Waals surface area contributed by atoms with Crippen molar-refractivity contribution in [2.45, 2.75) is 26.8 Å². The number of hydrogen-bond donors (Lipinski definition) is 1. The number of ketones is 1. The predicted molar refractivity (Wildman–Crippen MR) is 91.1 cm³/mol. The number of Topliss-reactive ketones (excluding diaryl/α,β-unsaturated/α-hetero) is 1. The average Bonchev–Trinajstić information content (AvgIpc) is 3.05. The summed E-state index contributed by atoms with van der Waals surface area (Å²) in [5.41, 5.74) is 1.29. The van der Waals surface area contributed by atoms with Gasteiger partial charge in [-0.15, -0.1) is 0 Å². The summed E-state index contributed by atoms with van der Waals surface area (Å²) < 4.78 is 7.12. The molecular weight excluding hydrogens is 306 g/mol. The Labute approximate surface area is 141 Å². The van der Waals surface area contributed by atoms with Crippen molar-refractivity contribution < 1.29 is 14.3 Å². The van der Waals surface area contributed by atoms with Gasteiger partial charge in [0.1, 0.15) is 5.75 Å². The molecule has 1 aromatic heterocycles. The molecule has 0 bridgehead atoms. The molecule has 128 valence electrons. The van der Waals surface area contributed by atoms with Gasteiger partial charge in [-0.2, -0.15) is 5.10 Å². The fourth-order valence-corrected chi connectivity index (χ4v) is 2.45. The maximum atomic E-state index is 12.2. The van der Waals surface area contributed by atoms with E-state index in [2.05, 4.69) is 17.3 Å². The summed E-state index contributed by atoms with van der Waals surface area (Å²) in [6.45, 7) is 4.87. The second kappa shape index (κ2) is 8.29. The lowest BCUT2D eigenvalue weighted by atomic mass is 10.0. The van der Waals surface area contributed by atoms with E-state index in [1.807, 2.05) is 16.9 Å². The van der Waals surface area contributed by atoms with Gasteiger partial charge in [-0.1, -0.05) is 6.92 Å². The number of aromatic nitrogens is 2. The van der Waals surface area contributed by atoms with Crippen LogP contribution in [0.2, 0.25) is 0 Å². The zero-order valence-electron chi connectivity index (χ0n) is 14.3. The van der Waals surface area contributed by atoms with E-state index in [1.165, 1.54) is 6.92 Å². The molecule has 0 aliphatic rings. The van der Waals surface area contributed by atoms with E-state index >= 15 is 0 Å². The normalized spacial score (nSPS) is 11.8. The second-order valence-corrected chi connectivity index (χ2v) is 5.90. The second-order valence-electron chi connectivity index (χ2n) is 5.90. The Morgan fingerprint density at radius 1 is 1.38 bits per heavy atom. The molecule has 0 aliphatic carbocycles. The quantitative estimate of drug-likeness (QED) is 0.753. The maximum Gasteiger partial charge on any atom is 0.224 e. The number of methoxy groups -OCH3 is 1. The number of amides is 1. The van der Waals surface area contributed by atoms with E-state index in [4.69, 9.17) is 4.74 Å². The van der Waals surface area contributed by atoms with Gasteiger partial charge < -0.3 is 10.1 Å². The highest BCUT2D eigenvalue weighted by Crippen LogP contribution is 2.20. The zero-order valence-corrected chi connectivity index (χ0v) is 14.3. The van der Waals surface area contributed by atoms with E-state index in [0.29, 0.717) is 23.4 Å². The van der Waals surface area contributed by atoms with Crippen LogP contribution in [0.1, 0.15) is 29.8 Å². The van der Waals surface area contributed by atoms with E-state index in [0.717, 1.165) is 6.54 Å². The Hall–Kier alpha value is -2.63. The predicted octanol–water partition coefficient (Wildman–Crippen LogP) is 2.09. The molecular formula is C18H23N3O3. The minimum atomic E-state index is -0.0960. The Morgan fingerprint density at radius 2 is 2.17 bits per heavy atom. The third-order valence-corrected chi connectivity index (χ3v) is 3.74. The first-order chi connectivity index (χ1) is 11.5. The molecule has 0 spiro atoms. The number of carbonyl (C=O) groups excluding carboxylic acids is 2. The molecule has 0 fully saturated rings. The lowest BCUT2D eigenvalue weighted by Crippen LogP contribution is -2.31. The lowest BCUT2D eigenvalue weighted by molar-refractivity contribution is -0.120. The fraction of sp³-hybridized carbons (Fsp3) is 0.389. The highest BCUT2D eigenvalue weighted by molar-refractivity contribution is 5.94. The van der Waals surface area contributed by atoms with Crippen molar-refractivity contribution in [2.75, 3.05) is 13.7 Å². The van der Waals surface area contributed by atoms with Crippen molar-refractivity contribution in [3.8, 4) is 5.75 Å². The first-order valence-corrected chi connectivity index (χ1v) is 7.91. The van der Waals surface area contributed by atoms with Crippen LogP contribution in [0.25, 0.3) is 0 Å².